The summed E-state index contributed by atoms with van der Waals surface area (Å²) in [5, 5.41) is 3.58. The molecule has 0 aliphatic carbocycles. The van der Waals surface area contributed by atoms with E-state index < -0.39 is 0 Å². The van der Waals surface area contributed by atoms with E-state index in [-0.39, 0.29) is 6.03 Å². The molecule has 0 unspecified atom stereocenters. The van der Waals surface area contributed by atoms with Crippen LogP contribution in [0.2, 0.25) is 0 Å². The van der Waals surface area contributed by atoms with Gasteiger partial charge in [0.25, 0.3) is 0 Å². The summed E-state index contributed by atoms with van der Waals surface area (Å²) in [6.07, 6.45) is 3.78. The Bertz CT molecular complexity index is 470. The molecule has 0 radical (unpaired) electrons. The van der Waals surface area contributed by atoms with Crippen LogP contribution >= 0.6 is 11.8 Å². The van der Waals surface area contributed by atoms with Crippen molar-refractivity contribution in [1.82, 2.24) is 4.90 Å². The zero-order valence-corrected chi connectivity index (χ0v) is 12.4. The second-order valence-corrected chi connectivity index (χ2v) is 5.90. The van der Waals surface area contributed by atoms with E-state index in [1.165, 1.54) is 4.90 Å². The van der Waals surface area contributed by atoms with E-state index in [9.17, 15) is 4.79 Å². The molecule has 108 valence electrons. The molecule has 2 amide bonds. The molecule has 1 aromatic carbocycles. The lowest BCUT2D eigenvalue weighted by Crippen LogP contribution is -2.44. The van der Waals surface area contributed by atoms with Crippen LogP contribution in [0.15, 0.2) is 41.8 Å². The lowest BCUT2D eigenvalue weighted by atomic mass is 10.0. The van der Waals surface area contributed by atoms with Gasteiger partial charge in [0.1, 0.15) is 0 Å². The smallest absolute Gasteiger partial charge is 0.314 e. The molecule has 0 aromatic heterocycles. The number of piperidine rings is 1. The van der Waals surface area contributed by atoms with Crippen molar-refractivity contribution in [3.05, 3.63) is 36.9 Å². The number of urea groups is 1. The lowest BCUT2D eigenvalue weighted by molar-refractivity contribution is 0.193. The van der Waals surface area contributed by atoms with E-state index in [4.69, 9.17) is 5.73 Å². The molecule has 1 aromatic rings. The van der Waals surface area contributed by atoms with Crippen molar-refractivity contribution >= 4 is 23.5 Å². The number of benzene rings is 1. The number of hydrogen-bond acceptors (Lipinski definition) is 3. The highest BCUT2D eigenvalue weighted by Gasteiger charge is 2.21. The van der Waals surface area contributed by atoms with Crippen LogP contribution in [-0.2, 0) is 0 Å². The summed E-state index contributed by atoms with van der Waals surface area (Å²) in [5.74, 6) is 0.902. The average molecular weight is 291 g/mol. The standard InChI is InChI=1S/C15H21N3OS/c1-2-11-20-14-6-4-3-5-13(14)17-12-7-9-18(10-8-12)15(16)19/h2-6,12,17H,1,7-11H2,(H2,16,19). The Labute approximate surface area is 124 Å². The number of para-hydroxylation sites is 1. The van der Waals surface area contributed by atoms with Gasteiger partial charge in [-0.05, 0) is 25.0 Å². The van der Waals surface area contributed by atoms with Crippen molar-refractivity contribution in [2.45, 2.75) is 23.8 Å². The van der Waals surface area contributed by atoms with Crippen molar-refractivity contribution in [2.24, 2.45) is 5.73 Å². The van der Waals surface area contributed by atoms with Gasteiger partial charge in [-0.1, -0.05) is 18.2 Å². The molecule has 2 rings (SSSR count). The normalized spacial score (nSPS) is 15.9. The minimum Gasteiger partial charge on any atom is -0.381 e. The Morgan fingerprint density at radius 1 is 1.45 bits per heavy atom. The predicted octanol–water partition coefficient (Wildman–Crippen LogP) is 2.92. The third-order valence-corrected chi connectivity index (χ3v) is 4.48. The largest absolute Gasteiger partial charge is 0.381 e. The summed E-state index contributed by atoms with van der Waals surface area (Å²) in [6.45, 7) is 5.22. The number of nitrogens with two attached hydrogens (primary N) is 1. The summed E-state index contributed by atoms with van der Waals surface area (Å²) in [4.78, 5) is 14.1. The Kier molecular flexibility index (Phi) is 5.35. The van der Waals surface area contributed by atoms with Gasteiger partial charge in [0.15, 0.2) is 0 Å². The summed E-state index contributed by atoms with van der Waals surface area (Å²) >= 11 is 1.78. The SMILES string of the molecule is C=CCSc1ccccc1NC1CCN(C(N)=O)CC1. The number of hydrogen-bond donors (Lipinski definition) is 2. The van der Waals surface area contributed by atoms with Gasteiger partial charge in [-0.2, -0.15) is 0 Å². The molecule has 0 bridgehead atoms. The van der Waals surface area contributed by atoms with E-state index in [1.807, 2.05) is 18.2 Å². The molecule has 0 atom stereocenters. The number of anilines is 1. The minimum atomic E-state index is -0.314. The first kappa shape index (κ1) is 14.8. The molecule has 1 aliphatic heterocycles. The van der Waals surface area contributed by atoms with Crippen LogP contribution in [0.4, 0.5) is 10.5 Å². The molecule has 1 aliphatic rings. The maximum Gasteiger partial charge on any atom is 0.314 e. The quantitative estimate of drug-likeness (QED) is 0.648. The molecule has 1 heterocycles. The van der Waals surface area contributed by atoms with Gasteiger partial charge < -0.3 is 16.0 Å². The van der Waals surface area contributed by atoms with Crippen molar-refractivity contribution in [3.8, 4) is 0 Å². The monoisotopic (exact) mass is 291 g/mol. The summed E-state index contributed by atoms with van der Waals surface area (Å²) < 4.78 is 0. The minimum absolute atomic E-state index is 0.314. The number of likely N-dealkylation sites (tertiary alicyclic amines) is 1. The maximum absolute atomic E-state index is 11.1. The Morgan fingerprint density at radius 3 is 2.80 bits per heavy atom. The third-order valence-electron chi connectivity index (χ3n) is 3.41. The number of thioether (sulfide) groups is 1. The highest BCUT2D eigenvalue weighted by molar-refractivity contribution is 7.99. The first-order valence-corrected chi connectivity index (χ1v) is 7.83. The van der Waals surface area contributed by atoms with Gasteiger partial charge in [-0.3, -0.25) is 0 Å². The number of nitrogens with one attached hydrogen (secondary N) is 1. The van der Waals surface area contributed by atoms with E-state index >= 15 is 0 Å². The van der Waals surface area contributed by atoms with E-state index in [0.29, 0.717) is 6.04 Å². The molecule has 4 nitrogen and oxygen atoms in total. The average Bonchev–Trinajstić information content (AvgIpc) is 2.47. The van der Waals surface area contributed by atoms with Crippen molar-refractivity contribution in [1.29, 1.82) is 0 Å². The number of carbonyl (C=O) groups is 1. The topological polar surface area (TPSA) is 58.4 Å². The van der Waals surface area contributed by atoms with E-state index in [2.05, 4.69) is 24.0 Å². The maximum atomic E-state index is 11.1. The summed E-state index contributed by atoms with van der Waals surface area (Å²) in [5.41, 5.74) is 6.46. The zero-order chi connectivity index (χ0) is 14.4. The molecular weight excluding hydrogens is 270 g/mol. The van der Waals surface area contributed by atoms with Crippen molar-refractivity contribution in [2.75, 3.05) is 24.2 Å². The molecule has 0 spiro atoms. The Morgan fingerprint density at radius 2 is 2.15 bits per heavy atom. The highest BCUT2D eigenvalue weighted by Crippen LogP contribution is 2.28. The number of nitrogens with zero attached hydrogens (tertiary/aromatic N) is 1. The Hall–Kier alpha value is -1.62. The zero-order valence-electron chi connectivity index (χ0n) is 11.5. The number of primary amides is 1. The van der Waals surface area contributed by atoms with Crippen LogP contribution in [0.3, 0.4) is 0 Å². The van der Waals surface area contributed by atoms with Gasteiger partial charge in [0, 0.05) is 35.5 Å². The van der Waals surface area contributed by atoms with Crippen LogP contribution in [0.25, 0.3) is 0 Å². The molecule has 1 saturated heterocycles. The first-order chi connectivity index (χ1) is 9.70. The fourth-order valence-electron chi connectivity index (χ4n) is 2.32. The van der Waals surface area contributed by atoms with Crippen molar-refractivity contribution < 1.29 is 4.79 Å². The van der Waals surface area contributed by atoms with Crippen LogP contribution in [0, 0.1) is 0 Å². The molecule has 5 heteroatoms. The molecule has 20 heavy (non-hydrogen) atoms. The second kappa shape index (κ2) is 7.24. The molecule has 3 N–H and O–H groups in total. The number of amides is 2. The summed E-state index contributed by atoms with van der Waals surface area (Å²) in [7, 11) is 0. The van der Waals surface area contributed by atoms with Crippen molar-refractivity contribution in [3.63, 3.8) is 0 Å². The second-order valence-electron chi connectivity index (χ2n) is 4.84. The molecule has 0 saturated carbocycles. The third kappa shape index (κ3) is 3.93. The van der Waals surface area contributed by atoms with Gasteiger partial charge in [-0.15, -0.1) is 18.3 Å². The number of rotatable bonds is 5. The molecule has 1 fully saturated rings. The first-order valence-electron chi connectivity index (χ1n) is 6.84. The fraction of sp³-hybridized carbons (Fsp3) is 0.400. The van der Waals surface area contributed by atoms with E-state index in [1.54, 1.807) is 16.7 Å². The van der Waals surface area contributed by atoms with Crippen LogP contribution in [0.1, 0.15) is 12.8 Å². The summed E-state index contributed by atoms with van der Waals surface area (Å²) in [6, 6.07) is 8.40. The van der Waals surface area contributed by atoms with Gasteiger partial charge in [-0.25, -0.2) is 4.79 Å². The highest BCUT2D eigenvalue weighted by atomic mass is 32.2. The van der Waals surface area contributed by atoms with E-state index in [0.717, 1.165) is 37.4 Å². The lowest BCUT2D eigenvalue weighted by Gasteiger charge is -2.32. The number of carbonyl (C=O) groups excluding carboxylic acids is 1. The van der Waals surface area contributed by atoms with Gasteiger partial charge in [0.05, 0.1) is 0 Å². The molecular formula is C15H21N3OS. The predicted molar refractivity (Wildman–Crippen MR) is 85.2 cm³/mol. The van der Waals surface area contributed by atoms with Gasteiger partial charge >= 0.3 is 6.03 Å². The van der Waals surface area contributed by atoms with Crippen LogP contribution in [0.5, 0.6) is 0 Å². The van der Waals surface area contributed by atoms with Crippen LogP contribution < -0.4 is 11.1 Å². The fourth-order valence-corrected chi connectivity index (χ4v) is 3.08. The Balaban J connectivity index is 1.94. The van der Waals surface area contributed by atoms with Crippen LogP contribution in [-0.4, -0.2) is 35.8 Å². The van der Waals surface area contributed by atoms with Gasteiger partial charge in [0.2, 0.25) is 0 Å².